The van der Waals surface area contributed by atoms with Gasteiger partial charge >= 0.3 is 0 Å². The molecule has 3 amide bonds. The quantitative estimate of drug-likeness (QED) is 0.0720. The average Bonchev–Trinajstić information content (AvgIpc) is 3.02. The van der Waals surface area contributed by atoms with Gasteiger partial charge in [0.15, 0.2) is 0 Å². The molecular weight excluding hydrogens is 584 g/mol. The Kier molecular flexibility index (Phi) is 10.3. The second-order valence-corrected chi connectivity index (χ2v) is 10.4. The van der Waals surface area contributed by atoms with Crippen LogP contribution in [0.2, 0.25) is 0 Å². The summed E-state index contributed by atoms with van der Waals surface area (Å²) in [4.78, 5) is 50.2. The van der Waals surface area contributed by atoms with E-state index in [1.54, 1.807) is 73.7 Å². The highest BCUT2D eigenvalue weighted by Gasteiger charge is 2.17. The highest BCUT2D eigenvalue weighted by molar-refractivity contribution is 8.00. The van der Waals surface area contributed by atoms with Crippen molar-refractivity contribution in [2.45, 2.75) is 11.8 Å². The SMILES string of the molecule is COc1cc(O)ccc1/C=C(/NC(=O)c1ccccc1)C(=O)Nc1cccc(SCC(=O)Nc2cc([N+](=O)[O-])ccc2C)c1. The van der Waals surface area contributed by atoms with Crippen LogP contribution in [0, 0.1) is 17.0 Å². The van der Waals surface area contributed by atoms with E-state index in [0.29, 0.717) is 38.7 Å². The van der Waals surface area contributed by atoms with Crippen LogP contribution in [0.15, 0.2) is 102 Å². The number of phenols is 1. The van der Waals surface area contributed by atoms with Crippen LogP contribution in [-0.2, 0) is 9.59 Å². The number of anilines is 2. The summed E-state index contributed by atoms with van der Waals surface area (Å²) < 4.78 is 5.32. The van der Waals surface area contributed by atoms with E-state index >= 15 is 0 Å². The molecule has 0 saturated heterocycles. The van der Waals surface area contributed by atoms with Gasteiger partial charge in [0.1, 0.15) is 17.2 Å². The topological polar surface area (TPSA) is 160 Å². The molecule has 44 heavy (non-hydrogen) atoms. The molecule has 4 rings (SSSR count). The number of nitro groups is 1. The summed E-state index contributed by atoms with van der Waals surface area (Å²) >= 11 is 1.21. The number of non-ortho nitro benzene ring substituents is 1. The number of ether oxygens (including phenoxy) is 1. The van der Waals surface area contributed by atoms with Crippen molar-refractivity contribution in [2.75, 3.05) is 23.5 Å². The lowest BCUT2D eigenvalue weighted by molar-refractivity contribution is -0.384. The number of carbonyl (C=O) groups is 3. The van der Waals surface area contributed by atoms with Crippen molar-refractivity contribution in [3.05, 3.63) is 123 Å². The Hall–Kier alpha value is -5.62. The van der Waals surface area contributed by atoms with Gasteiger partial charge < -0.3 is 25.8 Å². The molecular formula is C32H28N4O7S. The van der Waals surface area contributed by atoms with Crippen molar-refractivity contribution < 1.29 is 29.2 Å². The number of aryl methyl sites for hydroxylation is 1. The Morgan fingerprint density at radius 1 is 0.955 bits per heavy atom. The number of methoxy groups -OCH3 is 1. The standard InChI is InChI=1S/C32H28N4O7S/c1-20-11-13-24(36(41)42)17-27(20)34-30(38)19-44-26-10-6-9-23(16-26)33-32(40)28(35-31(39)21-7-4-3-5-8-21)15-22-12-14-25(37)18-29(22)43-2/h3-18,37H,19H2,1-2H3,(H,33,40)(H,34,38)(H,35,39)/b28-15+. The van der Waals surface area contributed by atoms with Crippen LogP contribution in [0.1, 0.15) is 21.5 Å². The molecule has 12 heteroatoms. The van der Waals surface area contributed by atoms with Crippen molar-refractivity contribution in [3.63, 3.8) is 0 Å². The molecule has 224 valence electrons. The first-order chi connectivity index (χ1) is 21.1. The molecule has 4 N–H and O–H groups in total. The predicted octanol–water partition coefficient (Wildman–Crippen LogP) is 5.76. The molecule has 0 aromatic heterocycles. The van der Waals surface area contributed by atoms with E-state index < -0.39 is 16.7 Å². The number of nitrogens with zero attached hydrogens (tertiary/aromatic N) is 1. The van der Waals surface area contributed by atoms with Crippen LogP contribution in [0.4, 0.5) is 17.1 Å². The van der Waals surface area contributed by atoms with Crippen molar-refractivity contribution in [3.8, 4) is 11.5 Å². The first kappa shape index (κ1) is 31.3. The molecule has 0 saturated carbocycles. The zero-order chi connectivity index (χ0) is 31.6. The largest absolute Gasteiger partial charge is 0.508 e. The molecule has 4 aromatic carbocycles. The number of amides is 3. The lowest BCUT2D eigenvalue weighted by Gasteiger charge is -2.13. The minimum absolute atomic E-state index is 0.0124. The molecule has 0 unspecified atom stereocenters. The van der Waals surface area contributed by atoms with Crippen molar-refractivity contribution in [1.82, 2.24) is 5.32 Å². The average molecular weight is 613 g/mol. The number of nitrogens with one attached hydrogen (secondary N) is 3. The summed E-state index contributed by atoms with van der Waals surface area (Å²) in [7, 11) is 1.42. The zero-order valence-electron chi connectivity index (χ0n) is 23.7. The van der Waals surface area contributed by atoms with E-state index in [9.17, 15) is 29.6 Å². The fraction of sp³-hybridized carbons (Fsp3) is 0.0938. The van der Waals surface area contributed by atoms with Gasteiger partial charge in [-0.25, -0.2) is 0 Å². The summed E-state index contributed by atoms with van der Waals surface area (Å²) in [5.41, 5.74) is 2.04. The number of carbonyl (C=O) groups excluding carboxylic acids is 3. The molecule has 0 spiro atoms. The number of phenolic OH excluding ortho intramolecular Hbond substituents is 1. The third-order valence-corrected chi connectivity index (χ3v) is 7.21. The van der Waals surface area contributed by atoms with Gasteiger partial charge in [-0.3, -0.25) is 24.5 Å². The maximum atomic E-state index is 13.4. The summed E-state index contributed by atoms with van der Waals surface area (Å²) in [6.45, 7) is 1.74. The minimum Gasteiger partial charge on any atom is -0.508 e. The molecule has 0 aliphatic carbocycles. The fourth-order valence-electron chi connectivity index (χ4n) is 3.97. The molecule has 0 atom stereocenters. The van der Waals surface area contributed by atoms with Crippen LogP contribution in [0.25, 0.3) is 6.08 Å². The predicted molar refractivity (Wildman–Crippen MR) is 169 cm³/mol. The number of hydrogen-bond donors (Lipinski definition) is 4. The van der Waals surface area contributed by atoms with E-state index in [0.717, 1.165) is 0 Å². The van der Waals surface area contributed by atoms with E-state index in [4.69, 9.17) is 4.74 Å². The smallest absolute Gasteiger partial charge is 0.272 e. The van der Waals surface area contributed by atoms with Crippen LogP contribution >= 0.6 is 11.8 Å². The summed E-state index contributed by atoms with van der Waals surface area (Å²) in [6, 6.07) is 23.8. The Bertz CT molecular complexity index is 1740. The minimum atomic E-state index is -0.620. The lowest BCUT2D eigenvalue weighted by atomic mass is 10.1. The molecule has 4 aromatic rings. The molecule has 0 aliphatic rings. The number of benzene rings is 4. The molecule has 0 heterocycles. The van der Waals surface area contributed by atoms with Gasteiger partial charge in [0.2, 0.25) is 5.91 Å². The highest BCUT2D eigenvalue weighted by Crippen LogP contribution is 2.27. The number of rotatable bonds is 11. The van der Waals surface area contributed by atoms with Crippen LogP contribution in [0.5, 0.6) is 11.5 Å². The number of thioether (sulfide) groups is 1. The van der Waals surface area contributed by atoms with Gasteiger partial charge in [0.25, 0.3) is 17.5 Å². The molecule has 0 bridgehead atoms. The second kappa shape index (κ2) is 14.5. The highest BCUT2D eigenvalue weighted by atomic mass is 32.2. The number of nitro benzene ring substituents is 1. The third kappa shape index (κ3) is 8.46. The van der Waals surface area contributed by atoms with Gasteiger partial charge in [-0.1, -0.05) is 30.3 Å². The normalized spacial score (nSPS) is 10.9. The Morgan fingerprint density at radius 2 is 1.73 bits per heavy atom. The second-order valence-electron chi connectivity index (χ2n) is 9.38. The summed E-state index contributed by atoms with van der Waals surface area (Å²) in [5, 5.41) is 29.0. The summed E-state index contributed by atoms with van der Waals surface area (Å²) in [6.07, 6.45) is 1.44. The Balaban J connectivity index is 1.49. The third-order valence-electron chi connectivity index (χ3n) is 6.21. The number of hydrogen-bond acceptors (Lipinski definition) is 8. The van der Waals surface area contributed by atoms with Gasteiger partial charge in [0, 0.05) is 39.9 Å². The first-order valence-electron chi connectivity index (χ1n) is 13.2. The van der Waals surface area contributed by atoms with E-state index in [1.165, 1.54) is 49.2 Å². The van der Waals surface area contributed by atoms with Crippen molar-refractivity contribution in [2.24, 2.45) is 0 Å². The first-order valence-corrected chi connectivity index (χ1v) is 14.2. The number of aromatic hydroxyl groups is 1. The zero-order valence-corrected chi connectivity index (χ0v) is 24.5. The van der Waals surface area contributed by atoms with Gasteiger partial charge in [-0.05, 0) is 61.0 Å². The summed E-state index contributed by atoms with van der Waals surface area (Å²) in [5.74, 6) is -1.20. The molecule has 0 radical (unpaired) electrons. The van der Waals surface area contributed by atoms with Gasteiger partial charge in [0.05, 0.1) is 23.5 Å². The monoisotopic (exact) mass is 612 g/mol. The molecule has 0 aliphatic heterocycles. The Morgan fingerprint density at radius 3 is 2.45 bits per heavy atom. The fourth-order valence-corrected chi connectivity index (χ4v) is 4.73. The van der Waals surface area contributed by atoms with E-state index in [-0.39, 0.29) is 28.8 Å². The van der Waals surface area contributed by atoms with Crippen molar-refractivity contribution >= 4 is 52.6 Å². The maximum Gasteiger partial charge on any atom is 0.272 e. The van der Waals surface area contributed by atoms with Gasteiger partial charge in [-0.15, -0.1) is 11.8 Å². The van der Waals surface area contributed by atoms with Crippen LogP contribution in [-0.4, -0.2) is 40.6 Å². The lowest BCUT2D eigenvalue weighted by Crippen LogP contribution is -2.30. The van der Waals surface area contributed by atoms with Gasteiger partial charge in [-0.2, -0.15) is 0 Å². The van der Waals surface area contributed by atoms with E-state index in [1.807, 2.05) is 0 Å². The van der Waals surface area contributed by atoms with Crippen LogP contribution in [0.3, 0.4) is 0 Å². The van der Waals surface area contributed by atoms with Crippen molar-refractivity contribution in [1.29, 1.82) is 0 Å². The van der Waals surface area contributed by atoms with E-state index in [2.05, 4.69) is 16.0 Å². The Labute approximate surface area is 257 Å². The molecule has 0 fully saturated rings. The van der Waals surface area contributed by atoms with Crippen LogP contribution < -0.4 is 20.7 Å². The maximum absolute atomic E-state index is 13.4. The molecule has 11 nitrogen and oxygen atoms in total.